The van der Waals surface area contributed by atoms with Gasteiger partial charge in [-0.15, -0.1) is 0 Å². The third-order valence-corrected chi connectivity index (χ3v) is 3.91. The number of benzene rings is 1. The lowest BCUT2D eigenvalue weighted by Gasteiger charge is -2.23. The molecule has 8 nitrogen and oxygen atoms in total. The van der Waals surface area contributed by atoms with E-state index in [2.05, 4.69) is 5.32 Å². The first-order chi connectivity index (χ1) is 14.0. The highest BCUT2D eigenvalue weighted by Crippen LogP contribution is 2.29. The molecule has 0 saturated heterocycles. The van der Waals surface area contributed by atoms with Crippen LogP contribution in [0.5, 0.6) is 0 Å². The molecule has 0 aliphatic heterocycles. The predicted octanol–water partition coefficient (Wildman–Crippen LogP) is 1.95. The largest absolute Gasteiger partial charge is 0.480 e. The molecule has 1 aromatic rings. The van der Waals surface area contributed by atoms with E-state index in [9.17, 15) is 37.5 Å². The molecule has 0 aromatic heterocycles. The minimum absolute atomic E-state index is 0.00635. The van der Waals surface area contributed by atoms with Gasteiger partial charge in [-0.25, -0.2) is 4.79 Å². The number of carboxylic acids is 1. The van der Waals surface area contributed by atoms with Gasteiger partial charge in [0.1, 0.15) is 6.04 Å². The maximum absolute atomic E-state index is 12.6. The zero-order valence-corrected chi connectivity index (χ0v) is 16.3. The highest BCUT2D eigenvalue weighted by atomic mass is 19.4. The average molecular weight is 433 g/mol. The van der Waals surface area contributed by atoms with E-state index < -0.39 is 60.4 Å². The van der Waals surface area contributed by atoms with E-state index in [0.717, 1.165) is 24.3 Å². The summed E-state index contributed by atoms with van der Waals surface area (Å²) in [6.45, 7) is 2.94. The lowest BCUT2D eigenvalue weighted by molar-refractivity contribution is -0.160. The number of nitrogens with one attached hydrogen (secondary N) is 1. The average Bonchev–Trinajstić information content (AvgIpc) is 2.64. The van der Waals surface area contributed by atoms with Gasteiger partial charge < -0.3 is 19.9 Å². The Labute approximate surface area is 170 Å². The summed E-state index contributed by atoms with van der Waals surface area (Å²) in [4.78, 5) is 47.8. The van der Waals surface area contributed by atoms with Crippen molar-refractivity contribution >= 4 is 23.8 Å². The molecule has 11 heteroatoms. The first-order valence-electron chi connectivity index (χ1n) is 9.00. The molecule has 0 bridgehead atoms. The molecule has 0 unspecified atom stereocenters. The Balaban J connectivity index is 2.95. The quantitative estimate of drug-likeness (QED) is 0.542. The third-order valence-electron chi connectivity index (χ3n) is 3.91. The standard InChI is InChI=1S/C19H22F3NO7/c1-3-29-15(25)10-13(18(28)30-4-2)16(17(26)27)23-14(24)9-11-5-7-12(8-6-11)19(20,21)22/h5-8,13,16H,3-4,9-10H2,1-2H3,(H,23,24)(H,26,27)/t13-,16+/m1/s1. The van der Waals surface area contributed by atoms with E-state index in [1.807, 2.05) is 0 Å². The number of alkyl halides is 3. The third kappa shape index (κ3) is 7.72. The number of aliphatic carboxylic acids is 1. The van der Waals surface area contributed by atoms with Gasteiger partial charge >= 0.3 is 24.1 Å². The monoisotopic (exact) mass is 433 g/mol. The van der Waals surface area contributed by atoms with E-state index in [4.69, 9.17) is 9.47 Å². The van der Waals surface area contributed by atoms with Gasteiger partial charge in [0, 0.05) is 0 Å². The summed E-state index contributed by atoms with van der Waals surface area (Å²) in [5.74, 6) is -5.84. The van der Waals surface area contributed by atoms with Gasteiger partial charge in [-0.2, -0.15) is 13.2 Å². The summed E-state index contributed by atoms with van der Waals surface area (Å²) in [6, 6.07) is 1.95. The summed E-state index contributed by atoms with van der Waals surface area (Å²) in [7, 11) is 0. The van der Waals surface area contributed by atoms with Crippen LogP contribution in [0.3, 0.4) is 0 Å². The molecule has 0 saturated carbocycles. The van der Waals surface area contributed by atoms with Crippen LogP contribution in [0.4, 0.5) is 13.2 Å². The predicted molar refractivity (Wildman–Crippen MR) is 96.1 cm³/mol. The second kappa shape index (κ2) is 11.2. The van der Waals surface area contributed by atoms with Crippen LogP contribution in [-0.2, 0) is 41.2 Å². The van der Waals surface area contributed by atoms with Crippen molar-refractivity contribution in [3.63, 3.8) is 0 Å². The van der Waals surface area contributed by atoms with Crippen LogP contribution in [0.1, 0.15) is 31.4 Å². The van der Waals surface area contributed by atoms with Crippen molar-refractivity contribution in [2.45, 2.75) is 38.9 Å². The molecular weight excluding hydrogens is 411 g/mol. The summed E-state index contributed by atoms with van der Waals surface area (Å²) >= 11 is 0. The molecule has 1 rings (SSSR count). The second-order valence-electron chi connectivity index (χ2n) is 6.12. The summed E-state index contributed by atoms with van der Waals surface area (Å²) in [6.07, 6.45) is -5.60. The van der Waals surface area contributed by atoms with Gasteiger partial charge in [0.2, 0.25) is 5.91 Å². The van der Waals surface area contributed by atoms with Crippen LogP contribution in [0.15, 0.2) is 24.3 Å². The smallest absolute Gasteiger partial charge is 0.416 e. The molecule has 166 valence electrons. The topological polar surface area (TPSA) is 119 Å². The first-order valence-corrected chi connectivity index (χ1v) is 9.00. The number of hydrogen-bond acceptors (Lipinski definition) is 6. The number of esters is 2. The Morgan fingerprint density at radius 3 is 2.07 bits per heavy atom. The molecule has 2 N–H and O–H groups in total. The molecule has 2 atom stereocenters. The fraction of sp³-hybridized carbons (Fsp3) is 0.474. The van der Waals surface area contributed by atoms with Crippen molar-refractivity contribution in [2.75, 3.05) is 13.2 Å². The van der Waals surface area contributed by atoms with E-state index in [-0.39, 0.29) is 18.8 Å². The Morgan fingerprint density at radius 2 is 1.60 bits per heavy atom. The fourth-order valence-electron chi connectivity index (χ4n) is 2.54. The summed E-state index contributed by atoms with van der Waals surface area (Å²) in [5, 5.41) is 11.6. The van der Waals surface area contributed by atoms with Gasteiger partial charge in [0.15, 0.2) is 0 Å². The maximum atomic E-state index is 12.6. The minimum Gasteiger partial charge on any atom is -0.480 e. The van der Waals surface area contributed by atoms with Gasteiger partial charge in [-0.05, 0) is 31.5 Å². The van der Waals surface area contributed by atoms with Crippen LogP contribution < -0.4 is 5.32 Å². The molecule has 0 spiro atoms. The zero-order valence-electron chi connectivity index (χ0n) is 16.3. The Bertz CT molecular complexity index is 762. The number of carboxylic acid groups (broad SMARTS) is 1. The molecular formula is C19H22F3NO7. The van der Waals surface area contributed by atoms with Crippen molar-refractivity contribution in [2.24, 2.45) is 5.92 Å². The first kappa shape index (κ1) is 24.9. The van der Waals surface area contributed by atoms with Crippen LogP contribution >= 0.6 is 0 Å². The van der Waals surface area contributed by atoms with Gasteiger partial charge in [0.25, 0.3) is 0 Å². The lowest BCUT2D eigenvalue weighted by Crippen LogP contribution is -2.50. The van der Waals surface area contributed by atoms with Crippen molar-refractivity contribution in [1.29, 1.82) is 0 Å². The SMILES string of the molecule is CCOC(=O)C[C@@H](C(=O)OCC)[C@H](NC(=O)Cc1ccc(C(F)(F)F)cc1)C(=O)O. The van der Waals surface area contributed by atoms with Crippen LogP contribution in [0.2, 0.25) is 0 Å². The van der Waals surface area contributed by atoms with Crippen LogP contribution in [-0.4, -0.2) is 48.2 Å². The normalized spacial score (nSPS) is 13.1. The van der Waals surface area contributed by atoms with Crippen LogP contribution in [0.25, 0.3) is 0 Å². The van der Waals surface area contributed by atoms with Crippen molar-refractivity contribution in [3.8, 4) is 0 Å². The summed E-state index contributed by atoms with van der Waals surface area (Å²) < 4.78 is 47.3. The van der Waals surface area contributed by atoms with E-state index in [1.54, 1.807) is 0 Å². The molecule has 1 aromatic carbocycles. The number of carbonyl (C=O) groups is 4. The lowest BCUT2D eigenvalue weighted by atomic mass is 9.95. The zero-order chi connectivity index (χ0) is 22.9. The fourth-order valence-corrected chi connectivity index (χ4v) is 2.54. The highest BCUT2D eigenvalue weighted by Gasteiger charge is 2.38. The maximum Gasteiger partial charge on any atom is 0.416 e. The Kier molecular flexibility index (Phi) is 9.28. The number of amides is 1. The van der Waals surface area contributed by atoms with Gasteiger partial charge in [0.05, 0.1) is 37.5 Å². The molecule has 30 heavy (non-hydrogen) atoms. The Morgan fingerprint density at radius 1 is 1.03 bits per heavy atom. The van der Waals surface area contributed by atoms with Gasteiger partial charge in [-0.3, -0.25) is 14.4 Å². The van der Waals surface area contributed by atoms with Gasteiger partial charge in [-0.1, -0.05) is 12.1 Å². The Hall–Kier alpha value is -3.11. The van der Waals surface area contributed by atoms with Crippen molar-refractivity contribution in [1.82, 2.24) is 5.32 Å². The van der Waals surface area contributed by atoms with Crippen molar-refractivity contribution < 1.29 is 46.9 Å². The summed E-state index contributed by atoms with van der Waals surface area (Å²) in [5.41, 5.74) is -0.699. The molecule has 1 amide bonds. The van der Waals surface area contributed by atoms with Crippen molar-refractivity contribution in [3.05, 3.63) is 35.4 Å². The van der Waals surface area contributed by atoms with Crippen LogP contribution in [0, 0.1) is 5.92 Å². The van der Waals surface area contributed by atoms with E-state index >= 15 is 0 Å². The molecule has 0 radical (unpaired) electrons. The molecule has 0 fully saturated rings. The minimum atomic E-state index is -4.53. The van der Waals surface area contributed by atoms with E-state index in [1.165, 1.54) is 13.8 Å². The molecule has 0 aliphatic rings. The molecule has 0 heterocycles. The number of hydrogen-bond donors (Lipinski definition) is 2. The number of halogens is 3. The van der Waals surface area contributed by atoms with E-state index in [0.29, 0.717) is 0 Å². The number of rotatable bonds is 10. The molecule has 0 aliphatic carbocycles. The number of carbonyl (C=O) groups excluding carboxylic acids is 3. The number of ether oxygens (including phenoxy) is 2. The second-order valence-corrected chi connectivity index (χ2v) is 6.12. The highest BCUT2D eigenvalue weighted by molar-refractivity contribution is 5.91.